The number of halogens is 2. The summed E-state index contributed by atoms with van der Waals surface area (Å²) in [6, 6.07) is 4.77. The van der Waals surface area contributed by atoms with Crippen LogP contribution in [0.3, 0.4) is 0 Å². The number of hydrogen-bond acceptors (Lipinski definition) is 7. The molecule has 1 unspecified atom stereocenters. The second kappa shape index (κ2) is 9.90. The van der Waals surface area contributed by atoms with Crippen LogP contribution in [0.15, 0.2) is 22.7 Å². The zero-order valence-electron chi connectivity index (χ0n) is 15.9. The number of methoxy groups -OCH3 is 2. The van der Waals surface area contributed by atoms with E-state index in [-0.39, 0.29) is 34.3 Å². The molecule has 1 aromatic carbocycles. The van der Waals surface area contributed by atoms with Crippen LogP contribution in [0.5, 0.6) is 17.4 Å². The smallest absolute Gasteiger partial charge is 0.354 e. The summed E-state index contributed by atoms with van der Waals surface area (Å²) in [5.74, 6) is 0.541. The fraction of sp³-hybridized carbons (Fsp3) is 0.389. The highest BCUT2D eigenvalue weighted by Gasteiger charge is 2.27. The Morgan fingerprint density at radius 3 is 2.61 bits per heavy atom. The maximum Gasteiger partial charge on any atom is 0.354 e. The SMILES string of the molecule is CCCC(Nc1cc(C)nc(Oc2c(Cl)cc(OC)cc2Br)c1[N+](=O)[O-])OC. The van der Waals surface area contributed by atoms with Crippen LogP contribution >= 0.6 is 27.5 Å². The quantitative estimate of drug-likeness (QED) is 0.283. The van der Waals surface area contributed by atoms with Crippen molar-refractivity contribution in [3.05, 3.63) is 43.5 Å². The standard InChI is InChI=1S/C18H21BrClN3O5/c1-5-6-15(27-4)22-14-7-10(2)21-18(16(14)23(24)25)28-17-12(19)8-11(26-3)9-13(17)20/h7-9,15H,5-6H2,1-4H3,(H,21,22). The first-order valence-corrected chi connectivity index (χ1v) is 9.64. The molecule has 0 bridgehead atoms. The minimum atomic E-state index is -0.548. The molecule has 1 aromatic heterocycles. The molecule has 152 valence electrons. The van der Waals surface area contributed by atoms with Gasteiger partial charge in [0.15, 0.2) is 5.75 Å². The molecule has 0 saturated heterocycles. The highest BCUT2D eigenvalue weighted by Crippen LogP contribution is 2.43. The summed E-state index contributed by atoms with van der Waals surface area (Å²) < 4.78 is 16.7. The van der Waals surface area contributed by atoms with E-state index in [1.165, 1.54) is 7.11 Å². The lowest BCUT2D eigenvalue weighted by Crippen LogP contribution is -2.22. The summed E-state index contributed by atoms with van der Waals surface area (Å²) in [5.41, 5.74) is 0.492. The minimum Gasteiger partial charge on any atom is -0.497 e. The van der Waals surface area contributed by atoms with Crippen LogP contribution in [-0.4, -0.2) is 30.4 Å². The lowest BCUT2D eigenvalue weighted by molar-refractivity contribution is -0.385. The van der Waals surface area contributed by atoms with E-state index in [9.17, 15) is 10.1 Å². The number of rotatable bonds is 9. The topological polar surface area (TPSA) is 95.8 Å². The van der Waals surface area contributed by atoms with Crippen LogP contribution in [0.1, 0.15) is 25.5 Å². The number of aryl methyl sites for hydroxylation is 1. The van der Waals surface area contributed by atoms with Crippen molar-refractivity contribution in [1.29, 1.82) is 0 Å². The Morgan fingerprint density at radius 1 is 1.36 bits per heavy atom. The highest BCUT2D eigenvalue weighted by atomic mass is 79.9. The average Bonchev–Trinajstić information content (AvgIpc) is 2.63. The van der Waals surface area contributed by atoms with E-state index in [2.05, 4.69) is 26.2 Å². The molecule has 0 amide bonds. The summed E-state index contributed by atoms with van der Waals surface area (Å²) in [6.07, 6.45) is 1.15. The van der Waals surface area contributed by atoms with Gasteiger partial charge in [-0.25, -0.2) is 4.98 Å². The molecular weight excluding hydrogens is 454 g/mol. The van der Waals surface area contributed by atoms with E-state index in [4.69, 9.17) is 25.8 Å². The number of nitro groups is 1. The van der Waals surface area contributed by atoms with Crippen LogP contribution < -0.4 is 14.8 Å². The second-order valence-corrected chi connectivity index (χ2v) is 7.16. The van der Waals surface area contributed by atoms with Gasteiger partial charge in [0.25, 0.3) is 0 Å². The van der Waals surface area contributed by atoms with Gasteiger partial charge in [-0.05, 0) is 41.4 Å². The Morgan fingerprint density at radius 2 is 2.07 bits per heavy atom. The number of nitrogens with one attached hydrogen (secondary N) is 1. The van der Waals surface area contributed by atoms with E-state index in [0.717, 1.165) is 6.42 Å². The largest absolute Gasteiger partial charge is 0.497 e. The molecule has 1 N–H and O–H groups in total. The first-order chi connectivity index (χ1) is 13.3. The number of hydrogen-bond donors (Lipinski definition) is 1. The van der Waals surface area contributed by atoms with Crippen molar-refractivity contribution >= 4 is 38.9 Å². The van der Waals surface area contributed by atoms with Gasteiger partial charge >= 0.3 is 11.6 Å². The second-order valence-electron chi connectivity index (χ2n) is 5.90. The molecule has 0 aliphatic heterocycles. The predicted octanol–water partition coefficient (Wildman–Crippen LogP) is 5.70. The van der Waals surface area contributed by atoms with E-state index in [1.807, 2.05) is 6.92 Å². The molecule has 0 aliphatic carbocycles. The van der Waals surface area contributed by atoms with Gasteiger partial charge in [0.1, 0.15) is 17.7 Å². The average molecular weight is 475 g/mol. The molecule has 1 heterocycles. The maximum absolute atomic E-state index is 11.8. The molecule has 8 nitrogen and oxygen atoms in total. The third-order valence-electron chi connectivity index (χ3n) is 3.83. The van der Waals surface area contributed by atoms with Crippen LogP contribution in [0.4, 0.5) is 11.4 Å². The van der Waals surface area contributed by atoms with E-state index in [1.54, 1.807) is 32.2 Å². The fourth-order valence-electron chi connectivity index (χ4n) is 2.53. The van der Waals surface area contributed by atoms with Crippen molar-refractivity contribution in [2.75, 3.05) is 19.5 Å². The molecule has 2 aromatic rings. The number of nitrogens with zero attached hydrogens (tertiary/aromatic N) is 2. The Bertz CT molecular complexity index is 842. The number of aromatic nitrogens is 1. The van der Waals surface area contributed by atoms with Crippen molar-refractivity contribution in [3.8, 4) is 17.4 Å². The van der Waals surface area contributed by atoms with Crippen LogP contribution in [0.2, 0.25) is 5.02 Å². The van der Waals surface area contributed by atoms with Crippen LogP contribution in [0, 0.1) is 17.0 Å². The fourth-order valence-corrected chi connectivity index (χ4v) is 3.41. The normalized spacial score (nSPS) is 11.8. The van der Waals surface area contributed by atoms with Crippen molar-refractivity contribution in [1.82, 2.24) is 4.98 Å². The number of benzene rings is 1. The summed E-state index contributed by atoms with van der Waals surface area (Å²) in [6.45, 7) is 3.71. The number of ether oxygens (including phenoxy) is 3. The Labute approximate surface area is 176 Å². The summed E-state index contributed by atoms with van der Waals surface area (Å²) >= 11 is 9.60. The van der Waals surface area contributed by atoms with E-state index >= 15 is 0 Å². The van der Waals surface area contributed by atoms with Gasteiger partial charge in [-0.3, -0.25) is 10.1 Å². The molecular formula is C18H21BrClN3O5. The third kappa shape index (κ3) is 5.24. The molecule has 10 heteroatoms. The van der Waals surface area contributed by atoms with Gasteiger partial charge in [-0.1, -0.05) is 24.9 Å². The predicted molar refractivity (Wildman–Crippen MR) is 111 cm³/mol. The zero-order chi connectivity index (χ0) is 20.8. The first kappa shape index (κ1) is 22.2. The van der Waals surface area contributed by atoms with E-state index < -0.39 is 4.92 Å². The highest BCUT2D eigenvalue weighted by molar-refractivity contribution is 9.10. The third-order valence-corrected chi connectivity index (χ3v) is 4.70. The summed E-state index contributed by atoms with van der Waals surface area (Å²) in [5, 5.41) is 15.0. The molecule has 28 heavy (non-hydrogen) atoms. The van der Waals surface area contributed by atoms with Crippen molar-refractivity contribution in [2.45, 2.75) is 32.9 Å². The van der Waals surface area contributed by atoms with Crippen molar-refractivity contribution < 1.29 is 19.1 Å². The van der Waals surface area contributed by atoms with Crippen LogP contribution in [0.25, 0.3) is 0 Å². The molecule has 0 spiro atoms. The molecule has 1 atom stereocenters. The van der Waals surface area contributed by atoms with Gasteiger partial charge in [-0.15, -0.1) is 0 Å². The van der Waals surface area contributed by atoms with E-state index in [0.29, 0.717) is 22.3 Å². The summed E-state index contributed by atoms with van der Waals surface area (Å²) in [7, 11) is 3.05. The van der Waals surface area contributed by atoms with Gasteiger partial charge < -0.3 is 19.5 Å². The Kier molecular flexibility index (Phi) is 7.85. The maximum atomic E-state index is 11.8. The minimum absolute atomic E-state index is 0.174. The summed E-state index contributed by atoms with van der Waals surface area (Å²) in [4.78, 5) is 15.4. The van der Waals surface area contributed by atoms with Gasteiger partial charge in [0.2, 0.25) is 0 Å². The number of pyridine rings is 1. The first-order valence-electron chi connectivity index (χ1n) is 8.46. The Balaban J connectivity index is 2.51. The molecule has 0 radical (unpaired) electrons. The van der Waals surface area contributed by atoms with Crippen molar-refractivity contribution in [2.24, 2.45) is 0 Å². The zero-order valence-corrected chi connectivity index (χ0v) is 18.3. The van der Waals surface area contributed by atoms with Crippen molar-refractivity contribution in [3.63, 3.8) is 0 Å². The van der Waals surface area contributed by atoms with Crippen LogP contribution in [-0.2, 0) is 4.74 Å². The lowest BCUT2D eigenvalue weighted by atomic mass is 10.2. The van der Waals surface area contributed by atoms with Gasteiger partial charge in [0, 0.05) is 18.9 Å². The molecule has 0 saturated carbocycles. The lowest BCUT2D eigenvalue weighted by Gasteiger charge is -2.19. The van der Waals surface area contributed by atoms with Gasteiger partial charge in [-0.2, -0.15) is 0 Å². The monoisotopic (exact) mass is 473 g/mol. The molecule has 2 rings (SSSR count). The number of anilines is 1. The Hall–Kier alpha value is -2.10. The molecule has 0 fully saturated rings. The van der Waals surface area contributed by atoms with Gasteiger partial charge in [0.05, 0.1) is 21.5 Å². The molecule has 0 aliphatic rings.